The van der Waals surface area contributed by atoms with E-state index in [9.17, 15) is 4.79 Å². The van der Waals surface area contributed by atoms with Crippen molar-refractivity contribution in [1.29, 1.82) is 0 Å². The van der Waals surface area contributed by atoms with E-state index in [-0.39, 0.29) is 5.91 Å². The number of thiophene rings is 1. The van der Waals surface area contributed by atoms with Gasteiger partial charge in [-0.15, -0.1) is 11.3 Å². The third-order valence-electron chi connectivity index (χ3n) is 4.61. The summed E-state index contributed by atoms with van der Waals surface area (Å²) in [6.45, 7) is 2.74. The van der Waals surface area contributed by atoms with Crippen LogP contribution in [0.15, 0.2) is 72.0 Å². The molecular formula is C23H21N3OS2. The second-order valence-electron chi connectivity index (χ2n) is 6.63. The van der Waals surface area contributed by atoms with Gasteiger partial charge in [-0.3, -0.25) is 4.79 Å². The van der Waals surface area contributed by atoms with Gasteiger partial charge in [0.15, 0.2) is 0 Å². The molecule has 0 bridgehead atoms. The minimum Gasteiger partial charge on any atom is -0.355 e. The van der Waals surface area contributed by atoms with E-state index in [0.29, 0.717) is 12.3 Å². The van der Waals surface area contributed by atoms with Crippen LogP contribution in [-0.2, 0) is 11.2 Å². The highest BCUT2D eigenvalue weighted by Gasteiger charge is 2.17. The Kier molecular flexibility index (Phi) is 6.22. The third-order valence-corrected chi connectivity index (χ3v) is 6.61. The summed E-state index contributed by atoms with van der Waals surface area (Å²) in [6, 6.07) is 20.5. The molecule has 0 atom stereocenters. The van der Waals surface area contributed by atoms with Gasteiger partial charge in [0.2, 0.25) is 5.91 Å². The van der Waals surface area contributed by atoms with Crippen molar-refractivity contribution in [3.05, 3.63) is 77.4 Å². The number of carbonyl (C=O) groups is 1. The molecule has 2 heterocycles. The number of rotatable bonds is 7. The minimum atomic E-state index is 0.0194. The number of carbonyl (C=O) groups excluding carboxylic acids is 1. The Labute approximate surface area is 178 Å². The lowest BCUT2D eigenvalue weighted by atomic mass is 10.0. The molecule has 4 rings (SSSR count). The Hall–Kier alpha value is -2.70. The summed E-state index contributed by atoms with van der Waals surface area (Å²) in [4.78, 5) is 23.4. The predicted octanol–water partition coefficient (Wildman–Crippen LogP) is 5.12. The Balaban J connectivity index is 1.46. The number of hydrogen-bond acceptors (Lipinski definition) is 5. The first-order chi connectivity index (χ1) is 14.2. The van der Waals surface area contributed by atoms with Crippen molar-refractivity contribution in [3.8, 4) is 11.1 Å². The van der Waals surface area contributed by atoms with Gasteiger partial charge in [0.1, 0.15) is 16.2 Å². The summed E-state index contributed by atoms with van der Waals surface area (Å²) in [5.41, 5.74) is 3.54. The number of aromatic nitrogens is 2. The van der Waals surface area contributed by atoms with Crippen LogP contribution < -0.4 is 5.32 Å². The van der Waals surface area contributed by atoms with Gasteiger partial charge in [-0.05, 0) is 24.5 Å². The van der Waals surface area contributed by atoms with Gasteiger partial charge in [0, 0.05) is 17.0 Å². The zero-order valence-electron chi connectivity index (χ0n) is 16.1. The number of nitrogens with one attached hydrogen (secondary N) is 1. The lowest BCUT2D eigenvalue weighted by Gasteiger charge is -2.07. The molecule has 0 saturated carbocycles. The van der Waals surface area contributed by atoms with Crippen LogP contribution in [0.1, 0.15) is 10.4 Å². The molecule has 0 aliphatic carbocycles. The molecule has 0 saturated heterocycles. The normalized spacial score (nSPS) is 10.9. The highest BCUT2D eigenvalue weighted by molar-refractivity contribution is 8.00. The minimum absolute atomic E-state index is 0.0194. The zero-order chi connectivity index (χ0) is 20.1. The number of fused-ring (bicyclic) bond motifs is 1. The van der Waals surface area contributed by atoms with Gasteiger partial charge in [0.05, 0.1) is 11.1 Å². The second-order valence-corrected chi connectivity index (χ2v) is 8.80. The van der Waals surface area contributed by atoms with E-state index in [4.69, 9.17) is 0 Å². The van der Waals surface area contributed by atoms with E-state index in [1.807, 2.05) is 36.4 Å². The van der Waals surface area contributed by atoms with Crippen LogP contribution >= 0.6 is 23.1 Å². The average Bonchev–Trinajstić information content (AvgIpc) is 3.10. The molecule has 0 unspecified atom stereocenters. The third kappa shape index (κ3) is 4.66. The molecule has 2 aromatic heterocycles. The first-order valence-electron chi connectivity index (χ1n) is 9.45. The SMILES string of the molecule is Cc1sc2ncnc(SCC(=O)NCCc3ccccc3)c2c1-c1ccccc1. The summed E-state index contributed by atoms with van der Waals surface area (Å²) >= 11 is 3.14. The van der Waals surface area contributed by atoms with Crippen molar-refractivity contribution in [2.75, 3.05) is 12.3 Å². The summed E-state index contributed by atoms with van der Waals surface area (Å²) in [6.07, 6.45) is 2.42. The molecule has 4 nitrogen and oxygen atoms in total. The van der Waals surface area contributed by atoms with Gasteiger partial charge >= 0.3 is 0 Å². The van der Waals surface area contributed by atoms with E-state index >= 15 is 0 Å². The van der Waals surface area contributed by atoms with E-state index < -0.39 is 0 Å². The lowest BCUT2D eigenvalue weighted by molar-refractivity contribution is -0.118. The standard InChI is InChI=1S/C23H21N3OS2/c1-16-20(18-10-6-3-7-11-18)21-22(25-15-26-23(21)29-16)28-14-19(27)24-13-12-17-8-4-2-5-9-17/h2-11,15H,12-14H2,1H3,(H,24,27). The fourth-order valence-electron chi connectivity index (χ4n) is 3.26. The Morgan fingerprint density at radius 3 is 2.52 bits per heavy atom. The summed E-state index contributed by atoms with van der Waals surface area (Å²) in [5.74, 6) is 0.357. The van der Waals surface area contributed by atoms with Crippen LogP contribution in [0.25, 0.3) is 21.3 Å². The number of benzene rings is 2. The van der Waals surface area contributed by atoms with Crippen LogP contribution in [0, 0.1) is 6.92 Å². The first kappa shape index (κ1) is 19.6. The van der Waals surface area contributed by atoms with E-state index in [1.165, 1.54) is 22.2 Å². The van der Waals surface area contributed by atoms with Crippen molar-refractivity contribution in [2.24, 2.45) is 0 Å². The van der Waals surface area contributed by atoms with Crippen molar-refractivity contribution in [1.82, 2.24) is 15.3 Å². The van der Waals surface area contributed by atoms with Crippen molar-refractivity contribution in [2.45, 2.75) is 18.4 Å². The monoisotopic (exact) mass is 419 g/mol. The molecule has 6 heteroatoms. The average molecular weight is 420 g/mol. The Morgan fingerprint density at radius 1 is 1.03 bits per heavy atom. The summed E-state index contributed by atoms with van der Waals surface area (Å²) in [7, 11) is 0. The van der Waals surface area contributed by atoms with Crippen molar-refractivity contribution in [3.63, 3.8) is 0 Å². The fourth-order valence-corrected chi connectivity index (χ4v) is 5.17. The van der Waals surface area contributed by atoms with E-state index in [2.05, 4.69) is 46.5 Å². The van der Waals surface area contributed by atoms with Gasteiger partial charge in [-0.2, -0.15) is 0 Å². The van der Waals surface area contributed by atoms with E-state index in [0.717, 1.165) is 32.8 Å². The molecule has 0 aliphatic heterocycles. The molecule has 0 radical (unpaired) electrons. The molecule has 0 aliphatic rings. The van der Waals surface area contributed by atoms with Gasteiger partial charge in [-0.25, -0.2) is 9.97 Å². The number of amides is 1. The maximum absolute atomic E-state index is 12.3. The smallest absolute Gasteiger partial charge is 0.230 e. The largest absolute Gasteiger partial charge is 0.355 e. The highest BCUT2D eigenvalue weighted by Crippen LogP contribution is 2.41. The molecular weight excluding hydrogens is 398 g/mol. The molecule has 146 valence electrons. The van der Waals surface area contributed by atoms with Crippen molar-refractivity contribution < 1.29 is 4.79 Å². The molecule has 4 aromatic rings. The molecule has 2 aromatic carbocycles. The highest BCUT2D eigenvalue weighted by atomic mass is 32.2. The van der Waals surface area contributed by atoms with Crippen LogP contribution in [-0.4, -0.2) is 28.2 Å². The maximum Gasteiger partial charge on any atom is 0.230 e. The topological polar surface area (TPSA) is 54.9 Å². The lowest BCUT2D eigenvalue weighted by Crippen LogP contribution is -2.27. The van der Waals surface area contributed by atoms with Gasteiger partial charge in [0.25, 0.3) is 0 Å². The molecule has 0 spiro atoms. The summed E-state index contributed by atoms with van der Waals surface area (Å²) < 4.78 is 0. The van der Waals surface area contributed by atoms with Gasteiger partial charge in [-0.1, -0.05) is 72.4 Å². The van der Waals surface area contributed by atoms with Crippen LogP contribution in [0.4, 0.5) is 0 Å². The number of thioether (sulfide) groups is 1. The quantitative estimate of drug-likeness (QED) is 0.334. The molecule has 1 amide bonds. The second kappa shape index (κ2) is 9.20. The Morgan fingerprint density at radius 2 is 1.76 bits per heavy atom. The number of aryl methyl sites for hydroxylation is 1. The van der Waals surface area contributed by atoms with Crippen LogP contribution in [0.5, 0.6) is 0 Å². The van der Waals surface area contributed by atoms with Crippen LogP contribution in [0.3, 0.4) is 0 Å². The molecule has 1 N–H and O–H groups in total. The first-order valence-corrected chi connectivity index (χ1v) is 11.3. The number of hydrogen-bond donors (Lipinski definition) is 1. The molecule has 0 fully saturated rings. The van der Waals surface area contributed by atoms with Crippen LogP contribution in [0.2, 0.25) is 0 Å². The maximum atomic E-state index is 12.3. The van der Waals surface area contributed by atoms with Crippen molar-refractivity contribution >= 4 is 39.2 Å². The fraction of sp³-hybridized carbons (Fsp3) is 0.174. The zero-order valence-corrected chi connectivity index (χ0v) is 17.7. The summed E-state index contributed by atoms with van der Waals surface area (Å²) in [5, 5.41) is 4.90. The molecule has 29 heavy (non-hydrogen) atoms. The Bertz CT molecular complexity index is 1110. The number of nitrogens with zero attached hydrogens (tertiary/aromatic N) is 2. The van der Waals surface area contributed by atoms with E-state index in [1.54, 1.807) is 17.7 Å². The van der Waals surface area contributed by atoms with Gasteiger partial charge < -0.3 is 5.32 Å². The predicted molar refractivity (Wildman–Crippen MR) is 121 cm³/mol.